The second-order valence-electron chi connectivity index (χ2n) is 6.30. The molecule has 2 atom stereocenters. The Labute approximate surface area is 146 Å². The molecule has 1 amide bonds. The van der Waals surface area contributed by atoms with Crippen LogP contribution in [0.5, 0.6) is 0 Å². The number of aliphatic carboxylic acids is 1. The third-order valence-electron chi connectivity index (χ3n) is 4.57. The van der Waals surface area contributed by atoms with Gasteiger partial charge in [-0.3, -0.25) is 9.59 Å². The Balaban J connectivity index is 2.00. The van der Waals surface area contributed by atoms with E-state index in [0.717, 1.165) is 11.4 Å². The number of carboxylic acids is 1. The number of hydrazone groups is 1. The lowest BCUT2D eigenvalue weighted by molar-refractivity contribution is -0.140. The number of nitrogens with zero attached hydrogens (tertiary/aromatic N) is 3. The summed E-state index contributed by atoms with van der Waals surface area (Å²) in [4.78, 5) is 27.5. The van der Waals surface area contributed by atoms with E-state index in [1.807, 2.05) is 24.0 Å². The number of hydrogen-bond acceptors (Lipinski definition) is 6. The van der Waals surface area contributed by atoms with Crippen molar-refractivity contribution in [3.05, 3.63) is 35.2 Å². The molecule has 3 aliphatic rings. The van der Waals surface area contributed by atoms with Gasteiger partial charge in [-0.15, -0.1) is 0 Å². The molecule has 8 nitrogen and oxygen atoms in total. The number of carboxylic acid groups (broad SMARTS) is 1. The maximum Gasteiger partial charge on any atom is 0.310 e. The van der Waals surface area contributed by atoms with E-state index in [2.05, 4.69) is 10.5 Å². The summed E-state index contributed by atoms with van der Waals surface area (Å²) in [6, 6.07) is -0.195. The zero-order chi connectivity index (χ0) is 18.0. The Morgan fingerprint density at radius 1 is 1.40 bits per heavy atom. The zero-order valence-corrected chi connectivity index (χ0v) is 14.3. The van der Waals surface area contributed by atoms with E-state index in [0.29, 0.717) is 18.4 Å². The monoisotopic (exact) mass is 346 g/mol. The molecule has 2 aliphatic heterocycles. The van der Waals surface area contributed by atoms with Gasteiger partial charge in [-0.2, -0.15) is 5.10 Å². The molecule has 0 radical (unpaired) electrons. The Hall–Kier alpha value is -2.61. The Morgan fingerprint density at radius 2 is 2.20 bits per heavy atom. The van der Waals surface area contributed by atoms with E-state index >= 15 is 0 Å². The van der Waals surface area contributed by atoms with Crippen LogP contribution in [0, 0.1) is 5.92 Å². The Bertz CT molecular complexity index is 687. The minimum Gasteiger partial charge on any atom is -0.481 e. The second kappa shape index (κ2) is 7.10. The minimum atomic E-state index is -0.863. The number of nitrogens with one attached hydrogen (secondary N) is 1. The van der Waals surface area contributed by atoms with Crippen molar-refractivity contribution >= 4 is 18.1 Å². The fourth-order valence-electron chi connectivity index (χ4n) is 3.15. The summed E-state index contributed by atoms with van der Waals surface area (Å²) < 4.78 is 5.62. The number of likely N-dealkylation sites (N-methyl/N-ethyl adjacent to an activating group) is 1. The Kier molecular flexibility index (Phi) is 4.89. The van der Waals surface area contributed by atoms with E-state index in [1.54, 1.807) is 19.3 Å². The number of allylic oxidation sites excluding steroid dienone is 3. The number of ether oxygens (including phenoxy) is 1. The van der Waals surface area contributed by atoms with Gasteiger partial charge in [-0.1, -0.05) is 6.08 Å². The van der Waals surface area contributed by atoms with Crippen LogP contribution < -0.4 is 5.43 Å². The van der Waals surface area contributed by atoms with Gasteiger partial charge in [0.15, 0.2) is 0 Å². The van der Waals surface area contributed by atoms with E-state index in [4.69, 9.17) is 4.74 Å². The summed E-state index contributed by atoms with van der Waals surface area (Å²) in [6.07, 6.45) is 8.26. The van der Waals surface area contributed by atoms with Gasteiger partial charge >= 0.3 is 5.97 Å². The van der Waals surface area contributed by atoms with Gasteiger partial charge in [-0.25, -0.2) is 0 Å². The SMILES string of the molecule is C/C1=C(\C2CC=NN2)C(=O)N(C)COCN1C1=CC(C(=O)O)CC=C1. The first-order valence-electron chi connectivity index (χ1n) is 8.18. The fourth-order valence-corrected chi connectivity index (χ4v) is 3.15. The molecule has 134 valence electrons. The van der Waals surface area contributed by atoms with Crippen LogP contribution in [0.2, 0.25) is 0 Å². The van der Waals surface area contributed by atoms with Crippen molar-refractivity contribution in [1.82, 2.24) is 15.2 Å². The number of carbonyl (C=O) groups is 2. The van der Waals surface area contributed by atoms with Crippen molar-refractivity contribution in [1.29, 1.82) is 0 Å². The molecule has 1 aliphatic carbocycles. The summed E-state index contributed by atoms with van der Waals surface area (Å²) >= 11 is 0. The molecule has 2 unspecified atom stereocenters. The molecule has 0 bridgehead atoms. The smallest absolute Gasteiger partial charge is 0.310 e. The van der Waals surface area contributed by atoms with Crippen molar-refractivity contribution in [2.75, 3.05) is 20.5 Å². The summed E-state index contributed by atoms with van der Waals surface area (Å²) in [7, 11) is 1.70. The predicted molar refractivity (Wildman–Crippen MR) is 91.1 cm³/mol. The predicted octanol–water partition coefficient (Wildman–Crippen LogP) is 0.858. The van der Waals surface area contributed by atoms with Gasteiger partial charge < -0.3 is 25.1 Å². The number of carbonyl (C=O) groups excluding carboxylic acids is 1. The van der Waals surface area contributed by atoms with Crippen LogP contribution in [0.15, 0.2) is 40.3 Å². The second-order valence-corrected chi connectivity index (χ2v) is 6.30. The lowest BCUT2D eigenvalue weighted by Gasteiger charge is -2.35. The van der Waals surface area contributed by atoms with Gasteiger partial charge in [0, 0.05) is 31.1 Å². The Morgan fingerprint density at radius 3 is 2.88 bits per heavy atom. The first-order chi connectivity index (χ1) is 12.0. The molecule has 8 heteroatoms. The fraction of sp³-hybridized carbons (Fsp3) is 0.471. The van der Waals surface area contributed by atoms with Crippen molar-refractivity contribution in [3.63, 3.8) is 0 Å². The molecule has 2 heterocycles. The molecule has 3 rings (SSSR count). The third-order valence-corrected chi connectivity index (χ3v) is 4.57. The topological polar surface area (TPSA) is 94.5 Å². The molecule has 25 heavy (non-hydrogen) atoms. The van der Waals surface area contributed by atoms with Crippen LogP contribution >= 0.6 is 0 Å². The van der Waals surface area contributed by atoms with Gasteiger partial charge in [0.2, 0.25) is 0 Å². The van der Waals surface area contributed by atoms with Crippen molar-refractivity contribution in [2.24, 2.45) is 11.0 Å². The standard InChI is InChI=1S/C17H22N4O4/c1-11-15(14-6-7-18-19-14)16(22)20(2)9-25-10-21(11)13-5-3-4-12(8-13)17(23)24/h3,5,7-8,12,14,19H,4,6,9-10H2,1-2H3,(H,23,24)/b15-11-. The quantitative estimate of drug-likeness (QED) is 0.787. The van der Waals surface area contributed by atoms with Crippen molar-refractivity contribution < 1.29 is 19.4 Å². The van der Waals surface area contributed by atoms with Crippen LogP contribution in [0.1, 0.15) is 19.8 Å². The normalized spacial score (nSPS) is 30.0. The average Bonchev–Trinajstić information content (AvgIpc) is 3.11. The van der Waals surface area contributed by atoms with E-state index in [-0.39, 0.29) is 25.4 Å². The average molecular weight is 346 g/mol. The van der Waals surface area contributed by atoms with E-state index in [9.17, 15) is 14.7 Å². The molecule has 0 aromatic heterocycles. The first kappa shape index (κ1) is 17.2. The summed E-state index contributed by atoms with van der Waals surface area (Å²) in [6.45, 7) is 2.26. The first-order valence-corrected chi connectivity index (χ1v) is 8.18. The van der Waals surface area contributed by atoms with Crippen LogP contribution in [0.4, 0.5) is 0 Å². The largest absolute Gasteiger partial charge is 0.481 e. The zero-order valence-electron chi connectivity index (χ0n) is 14.3. The summed E-state index contributed by atoms with van der Waals surface area (Å²) in [5.41, 5.74) is 5.06. The molecule has 0 fully saturated rings. The van der Waals surface area contributed by atoms with Crippen LogP contribution in [-0.4, -0.2) is 59.5 Å². The lowest BCUT2D eigenvalue weighted by atomic mass is 9.97. The molecule has 0 aromatic carbocycles. The molecule has 2 N–H and O–H groups in total. The number of amides is 1. The maximum atomic E-state index is 12.8. The molecular weight excluding hydrogens is 324 g/mol. The summed E-state index contributed by atoms with van der Waals surface area (Å²) in [5, 5.41) is 13.3. The highest BCUT2D eigenvalue weighted by Crippen LogP contribution is 2.28. The van der Waals surface area contributed by atoms with Gasteiger partial charge in [0.1, 0.15) is 13.5 Å². The van der Waals surface area contributed by atoms with Gasteiger partial charge in [0.05, 0.1) is 17.5 Å². The van der Waals surface area contributed by atoms with Crippen LogP contribution in [0.25, 0.3) is 0 Å². The van der Waals surface area contributed by atoms with E-state index in [1.165, 1.54) is 4.90 Å². The number of hydrogen-bond donors (Lipinski definition) is 2. The third kappa shape index (κ3) is 3.43. The van der Waals surface area contributed by atoms with Crippen molar-refractivity contribution in [3.8, 4) is 0 Å². The molecule has 0 saturated carbocycles. The molecule has 0 spiro atoms. The number of rotatable bonds is 3. The molecule has 0 saturated heterocycles. The highest BCUT2D eigenvalue weighted by molar-refractivity contribution is 5.96. The maximum absolute atomic E-state index is 12.8. The minimum absolute atomic E-state index is 0.125. The van der Waals surface area contributed by atoms with E-state index < -0.39 is 11.9 Å². The van der Waals surface area contributed by atoms with Crippen LogP contribution in [0.3, 0.4) is 0 Å². The van der Waals surface area contributed by atoms with Crippen LogP contribution in [-0.2, 0) is 14.3 Å². The van der Waals surface area contributed by atoms with Gasteiger partial charge in [0.25, 0.3) is 5.91 Å². The molecule has 0 aromatic rings. The molecular formula is C17H22N4O4. The van der Waals surface area contributed by atoms with Gasteiger partial charge in [-0.05, 0) is 25.5 Å². The summed E-state index contributed by atoms with van der Waals surface area (Å²) in [5.74, 6) is -1.56. The van der Waals surface area contributed by atoms with Crippen molar-refractivity contribution in [2.45, 2.75) is 25.8 Å². The highest BCUT2D eigenvalue weighted by Gasteiger charge is 2.32. The highest BCUT2D eigenvalue weighted by atomic mass is 16.5. The lowest BCUT2D eigenvalue weighted by Crippen LogP contribution is -2.43.